The Labute approximate surface area is 169 Å². The molecule has 146 valence electrons. The monoisotopic (exact) mass is 426 g/mol. The molecule has 2 heterocycles. The van der Waals surface area contributed by atoms with Crippen LogP contribution in [0.15, 0.2) is 28.5 Å². The normalized spacial score (nSPS) is 18.4. The summed E-state index contributed by atoms with van der Waals surface area (Å²) >= 11 is 7.54. The fourth-order valence-electron chi connectivity index (χ4n) is 3.35. The summed E-state index contributed by atoms with van der Waals surface area (Å²) in [7, 11) is -3.56. The molecule has 0 saturated carbocycles. The van der Waals surface area contributed by atoms with Crippen molar-refractivity contribution in [2.24, 2.45) is 5.92 Å². The number of rotatable bonds is 4. The van der Waals surface area contributed by atoms with E-state index in [2.05, 4.69) is 5.32 Å². The second-order valence-corrected chi connectivity index (χ2v) is 10.9. The van der Waals surface area contributed by atoms with Gasteiger partial charge in [0.1, 0.15) is 4.21 Å². The molecule has 1 fully saturated rings. The predicted molar refractivity (Wildman–Crippen MR) is 110 cm³/mol. The number of nitrogens with one attached hydrogen (secondary N) is 1. The zero-order chi connectivity index (χ0) is 19.8. The number of carbonyl (C=O) groups excluding carboxylic acids is 1. The SMILES string of the molecule is Cc1cc(C)c(NC(=O)[C@@H]2CCCN(S(=O)(=O)c3ccc(C)s3)C2)c(Cl)c1. The largest absolute Gasteiger partial charge is 0.324 e. The molecule has 5 nitrogen and oxygen atoms in total. The number of anilines is 1. The maximum Gasteiger partial charge on any atom is 0.252 e. The molecule has 0 spiro atoms. The van der Waals surface area contributed by atoms with Crippen LogP contribution in [-0.4, -0.2) is 31.7 Å². The van der Waals surface area contributed by atoms with Gasteiger partial charge in [0.2, 0.25) is 5.91 Å². The van der Waals surface area contributed by atoms with Crippen LogP contribution < -0.4 is 5.32 Å². The van der Waals surface area contributed by atoms with Crippen molar-refractivity contribution in [2.75, 3.05) is 18.4 Å². The van der Waals surface area contributed by atoms with Crippen LogP contribution in [0.2, 0.25) is 5.02 Å². The molecular weight excluding hydrogens is 404 g/mol. The average Bonchev–Trinajstić information content (AvgIpc) is 3.05. The van der Waals surface area contributed by atoms with Crippen molar-refractivity contribution in [3.8, 4) is 0 Å². The minimum Gasteiger partial charge on any atom is -0.324 e. The summed E-state index contributed by atoms with van der Waals surface area (Å²) in [5, 5.41) is 3.40. The quantitative estimate of drug-likeness (QED) is 0.789. The second kappa shape index (κ2) is 7.91. The van der Waals surface area contributed by atoms with Crippen LogP contribution in [0.1, 0.15) is 28.8 Å². The molecule has 0 bridgehead atoms. The van der Waals surface area contributed by atoms with E-state index < -0.39 is 15.9 Å². The molecule has 1 N–H and O–H groups in total. The molecule has 27 heavy (non-hydrogen) atoms. The van der Waals surface area contributed by atoms with Crippen LogP contribution >= 0.6 is 22.9 Å². The fourth-order valence-corrected chi connectivity index (χ4v) is 6.68. The smallest absolute Gasteiger partial charge is 0.252 e. The van der Waals surface area contributed by atoms with Gasteiger partial charge in [-0.05, 0) is 62.9 Å². The van der Waals surface area contributed by atoms with Gasteiger partial charge in [-0.25, -0.2) is 8.42 Å². The lowest BCUT2D eigenvalue weighted by atomic mass is 9.98. The predicted octanol–water partition coefficient (Wildman–Crippen LogP) is 4.37. The van der Waals surface area contributed by atoms with Crippen molar-refractivity contribution in [1.82, 2.24) is 4.31 Å². The standard InChI is InChI=1S/C19H23ClN2O3S2/c1-12-9-13(2)18(16(20)10-12)21-19(23)15-5-4-8-22(11-15)27(24,25)17-7-6-14(3)26-17/h6-7,9-10,15H,4-5,8,11H2,1-3H3,(H,21,23)/t15-/m1/s1. The number of sulfonamides is 1. The van der Waals surface area contributed by atoms with Gasteiger partial charge in [-0.1, -0.05) is 17.7 Å². The molecule has 1 aliphatic rings. The van der Waals surface area contributed by atoms with Crippen LogP contribution in [0.3, 0.4) is 0 Å². The van der Waals surface area contributed by atoms with Crippen LogP contribution in [0.5, 0.6) is 0 Å². The molecule has 1 atom stereocenters. The number of thiophene rings is 1. The van der Waals surface area contributed by atoms with Gasteiger partial charge in [0.15, 0.2) is 0 Å². The Morgan fingerprint density at radius 1 is 1.26 bits per heavy atom. The second-order valence-electron chi connectivity index (χ2n) is 7.00. The third kappa shape index (κ3) is 4.37. The summed E-state index contributed by atoms with van der Waals surface area (Å²) in [5.74, 6) is -0.586. The minimum absolute atomic E-state index is 0.188. The van der Waals surface area contributed by atoms with Gasteiger partial charge in [0.05, 0.1) is 16.6 Å². The molecule has 0 aliphatic carbocycles. The van der Waals surface area contributed by atoms with Gasteiger partial charge >= 0.3 is 0 Å². The minimum atomic E-state index is -3.56. The number of amides is 1. The lowest BCUT2D eigenvalue weighted by Gasteiger charge is -2.31. The average molecular weight is 427 g/mol. The summed E-state index contributed by atoms with van der Waals surface area (Å²) < 4.78 is 27.5. The maximum absolute atomic E-state index is 12.9. The Morgan fingerprint density at radius 2 is 2.00 bits per heavy atom. The van der Waals surface area contributed by atoms with Gasteiger partial charge in [-0.2, -0.15) is 4.31 Å². The third-order valence-corrected chi connectivity index (χ3v) is 8.38. The maximum atomic E-state index is 12.9. The highest BCUT2D eigenvalue weighted by Gasteiger charge is 2.34. The van der Waals surface area contributed by atoms with E-state index in [0.29, 0.717) is 34.3 Å². The number of halogens is 1. The highest BCUT2D eigenvalue weighted by atomic mass is 35.5. The molecule has 1 aromatic heterocycles. The van der Waals surface area contributed by atoms with Gasteiger partial charge in [0.25, 0.3) is 10.0 Å². The summed E-state index contributed by atoms with van der Waals surface area (Å²) in [6, 6.07) is 7.20. The van der Waals surface area contributed by atoms with E-state index in [0.717, 1.165) is 16.0 Å². The fraction of sp³-hybridized carbons (Fsp3) is 0.421. The molecule has 1 aliphatic heterocycles. The lowest BCUT2D eigenvalue weighted by Crippen LogP contribution is -2.43. The molecule has 0 unspecified atom stereocenters. The summed E-state index contributed by atoms with van der Waals surface area (Å²) in [5.41, 5.74) is 2.51. The summed E-state index contributed by atoms with van der Waals surface area (Å²) in [6.45, 7) is 6.34. The van der Waals surface area contributed by atoms with Crippen molar-refractivity contribution in [3.63, 3.8) is 0 Å². The number of hydrogen-bond donors (Lipinski definition) is 1. The third-order valence-electron chi connectivity index (χ3n) is 4.74. The van der Waals surface area contributed by atoms with Crippen molar-refractivity contribution in [3.05, 3.63) is 45.3 Å². The zero-order valence-electron chi connectivity index (χ0n) is 15.6. The van der Waals surface area contributed by atoms with Gasteiger partial charge in [0, 0.05) is 18.0 Å². The van der Waals surface area contributed by atoms with E-state index in [-0.39, 0.29) is 12.5 Å². The lowest BCUT2D eigenvalue weighted by molar-refractivity contribution is -0.120. The van der Waals surface area contributed by atoms with E-state index in [9.17, 15) is 13.2 Å². The zero-order valence-corrected chi connectivity index (χ0v) is 18.0. The molecule has 2 aromatic rings. The Balaban J connectivity index is 1.75. The molecular formula is C19H23ClN2O3S2. The van der Waals surface area contributed by atoms with Crippen LogP contribution in [0, 0.1) is 26.7 Å². The van der Waals surface area contributed by atoms with E-state index in [4.69, 9.17) is 11.6 Å². The van der Waals surface area contributed by atoms with E-state index in [1.54, 1.807) is 18.2 Å². The Morgan fingerprint density at radius 3 is 2.63 bits per heavy atom. The topological polar surface area (TPSA) is 66.5 Å². The van der Waals surface area contributed by atoms with Gasteiger partial charge < -0.3 is 5.32 Å². The molecule has 8 heteroatoms. The first-order valence-electron chi connectivity index (χ1n) is 8.82. The highest BCUT2D eigenvalue weighted by Crippen LogP contribution is 2.31. The first kappa shape index (κ1) is 20.3. The van der Waals surface area contributed by atoms with Crippen molar-refractivity contribution < 1.29 is 13.2 Å². The number of hydrogen-bond acceptors (Lipinski definition) is 4. The van der Waals surface area contributed by atoms with Crippen molar-refractivity contribution in [1.29, 1.82) is 0 Å². The Hall–Kier alpha value is -1.41. The Kier molecular flexibility index (Phi) is 5.96. The van der Waals surface area contributed by atoms with E-state index in [1.165, 1.54) is 15.6 Å². The van der Waals surface area contributed by atoms with Gasteiger partial charge in [-0.15, -0.1) is 11.3 Å². The van der Waals surface area contributed by atoms with Gasteiger partial charge in [-0.3, -0.25) is 4.79 Å². The van der Waals surface area contributed by atoms with Crippen molar-refractivity contribution in [2.45, 2.75) is 37.8 Å². The number of piperidine rings is 1. The van der Waals surface area contributed by atoms with Crippen LogP contribution in [-0.2, 0) is 14.8 Å². The number of nitrogens with zero attached hydrogens (tertiary/aromatic N) is 1. The summed E-state index contributed by atoms with van der Waals surface area (Å²) in [6.07, 6.45) is 1.31. The molecule has 1 saturated heterocycles. The highest BCUT2D eigenvalue weighted by molar-refractivity contribution is 7.91. The molecule has 3 rings (SSSR count). The molecule has 1 amide bonds. The van der Waals surface area contributed by atoms with Crippen LogP contribution in [0.25, 0.3) is 0 Å². The first-order valence-corrected chi connectivity index (χ1v) is 11.5. The van der Waals surface area contributed by atoms with E-state index in [1.807, 2.05) is 26.8 Å². The number of aryl methyl sites for hydroxylation is 3. The van der Waals surface area contributed by atoms with Crippen LogP contribution in [0.4, 0.5) is 5.69 Å². The summed E-state index contributed by atoms with van der Waals surface area (Å²) in [4.78, 5) is 13.7. The molecule has 1 aromatic carbocycles. The Bertz CT molecular complexity index is 946. The molecule has 0 radical (unpaired) electrons. The number of benzene rings is 1. The first-order chi connectivity index (χ1) is 12.7. The number of carbonyl (C=O) groups is 1. The van der Waals surface area contributed by atoms with Crippen molar-refractivity contribution >= 4 is 44.6 Å². The van der Waals surface area contributed by atoms with E-state index >= 15 is 0 Å².